The summed E-state index contributed by atoms with van der Waals surface area (Å²) in [6, 6.07) is 12.8. The largest absolute Gasteiger partial charge is 0.458 e. The fourth-order valence-corrected chi connectivity index (χ4v) is 9.13. The first-order valence-electron chi connectivity index (χ1n) is 28.7. The lowest BCUT2D eigenvalue weighted by Crippen LogP contribution is -2.40. The number of amides is 3. The zero-order chi connectivity index (χ0) is 59.6. The molecule has 0 radical (unpaired) electrons. The summed E-state index contributed by atoms with van der Waals surface area (Å²) in [5.74, 6) is 1.88. The van der Waals surface area contributed by atoms with Crippen molar-refractivity contribution in [3.63, 3.8) is 0 Å². The van der Waals surface area contributed by atoms with Crippen LogP contribution in [-0.2, 0) is 36.7 Å². The molecule has 2 aliphatic rings. The molecule has 2 aromatic carbocycles. The van der Waals surface area contributed by atoms with E-state index >= 15 is 0 Å². The molecule has 4 heterocycles. The normalized spacial score (nSPS) is 14.1. The molecular formula is C60H90N12O9. The summed E-state index contributed by atoms with van der Waals surface area (Å²) in [4.78, 5) is 92.0. The first kappa shape index (κ1) is 64.4. The van der Waals surface area contributed by atoms with Gasteiger partial charge < -0.3 is 59.4 Å². The third kappa shape index (κ3) is 19.9. The Morgan fingerprint density at radius 3 is 1.31 bits per heavy atom. The van der Waals surface area contributed by atoms with Crippen LogP contribution in [0.4, 0.5) is 44.5 Å². The van der Waals surface area contributed by atoms with Crippen molar-refractivity contribution < 1.29 is 42.9 Å². The molecule has 2 atom stereocenters. The highest BCUT2D eigenvalue weighted by Crippen LogP contribution is 2.31. The molecule has 21 nitrogen and oxygen atoms in total. The Morgan fingerprint density at radius 2 is 0.951 bits per heavy atom. The van der Waals surface area contributed by atoms with E-state index in [-0.39, 0.29) is 42.6 Å². The fraction of sp³-hybridized carbons (Fsp3) is 0.583. The SMILES string of the molecule is CCN(CC)c1ncc(N(C(C)=O)C(C)C)c(N[C@@H](Cc2ccc(OC(=O)N3CCCC3)cc2)C(=O)OC(C)(C)C)n1.CCN(CC)c1ncc(NC(C)C)c(N[C@@H](Cc2ccc(OC(=O)N3CCCC3)cc2)C(=O)OC(C)(C)C)n1. The molecule has 0 spiro atoms. The van der Waals surface area contributed by atoms with E-state index in [0.29, 0.717) is 79.0 Å². The van der Waals surface area contributed by atoms with E-state index in [4.69, 9.17) is 28.9 Å². The minimum Gasteiger partial charge on any atom is -0.458 e. The molecule has 0 saturated carbocycles. The third-order valence-electron chi connectivity index (χ3n) is 13.1. The highest BCUT2D eigenvalue weighted by atomic mass is 16.6. The van der Waals surface area contributed by atoms with Gasteiger partial charge in [0.2, 0.25) is 17.8 Å². The second kappa shape index (κ2) is 29.8. The maximum atomic E-state index is 13.5. The van der Waals surface area contributed by atoms with Crippen molar-refractivity contribution in [3.05, 3.63) is 72.1 Å². The zero-order valence-electron chi connectivity index (χ0n) is 50.7. The van der Waals surface area contributed by atoms with Crippen molar-refractivity contribution >= 4 is 64.9 Å². The van der Waals surface area contributed by atoms with Crippen LogP contribution in [0.3, 0.4) is 0 Å². The maximum Gasteiger partial charge on any atom is 0.415 e. The van der Waals surface area contributed by atoms with E-state index in [0.717, 1.165) is 63.0 Å². The molecule has 3 amide bonds. The summed E-state index contributed by atoms with van der Waals surface area (Å²) >= 11 is 0. The van der Waals surface area contributed by atoms with Crippen molar-refractivity contribution in [3.8, 4) is 11.5 Å². The van der Waals surface area contributed by atoms with Crippen molar-refractivity contribution in [1.29, 1.82) is 0 Å². The lowest BCUT2D eigenvalue weighted by Gasteiger charge is -2.30. The van der Waals surface area contributed by atoms with Crippen LogP contribution < -0.4 is 40.1 Å². The Kier molecular flexibility index (Phi) is 23.7. The van der Waals surface area contributed by atoms with Gasteiger partial charge in [0.25, 0.3) is 0 Å². The minimum absolute atomic E-state index is 0.143. The molecule has 3 N–H and O–H groups in total. The summed E-state index contributed by atoms with van der Waals surface area (Å²) in [5, 5.41) is 10.0. The highest BCUT2D eigenvalue weighted by Gasteiger charge is 2.31. The van der Waals surface area contributed by atoms with Gasteiger partial charge in [0.05, 0.1) is 18.1 Å². The second-order valence-corrected chi connectivity index (χ2v) is 22.7. The second-order valence-electron chi connectivity index (χ2n) is 22.7. The Labute approximate surface area is 480 Å². The molecule has 2 fully saturated rings. The number of nitrogens with zero attached hydrogens (tertiary/aromatic N) is 9. The summed E-state index contributed by atoms with van der Waals surface area (Å²) in [5.41, 5.74) is 1.53. The lowest BCUT2D eigenvalue weighted by atomic mass is 10.0. The van der Waals surface area contributed by atoms with Crippen molar-refractivity contribution in [1.82, 2.24) is 29.7 Å². The molecule has 6 rings (SSSR count). The number of esters is 2. The van der Waals surface area contributed by atoms with E-state index < -0.39 is 29.3 Å². The standard InChI is InChI=1S/C31H46N6O5.C29H44N6O4/c1-9-35(10-2)29-32-20-26(37(21(3)4)22(5)38)27(34-29)33-25(28(39)42-31(6,7)8)19-23-13-15-24(16-14-23)41-30(40)36-17-11-12-18-36;1-8-34(9-2)27-30-19-24(31-20(3)4)25(33-27)32-23(26(36)39-29(5,6)7)18-21-12-14-22(15-13-21)38-28(37)35-16-10-11-17-35/h13-16,20-21,25H,9-12,17-19H2,1-8H3,(H,32,33,34);12-15,19-20,23,31H,8-11,16-18H2,1-7H3,(H,30,32,33)/t25-;23-/m00/s1. The van der Waals surface area contributed by atoms with Crippen molar-refractivity contribution in [2.45, 2.75) is 178 Å². The molecule has 2 aliphatic heterocycles. The Morgan fingerprint density at radius 1 is 0.568 bits per heavy atom. The minimum atomic E-state index is -0.832. The van der Waals surface area contributed by atoms with E-state index in [1.165, 1.54) is 6.92 Å². The van der Waals surface area contributed by atoms with Gasteiger partial charge in [-0.15, -0.1) is 0 Å². The number of aromatic nitrogens is 4. The molecule has 2 aromatic heterocycles. The number of benzene rings is 2. The van der Waals surface area contributed by atoms with Gasteiger partial charge in [0, 0.05) is 84.2 Å². The monoisotopic (exact) mass is 1120 g/mol. The van der Waals surface area contributed by atoms with Crippen LogP contribution in [0.1, 0.15) is 141 Å². The Hall–Kier alpha value is -7.45. The molecule has 0 bridgehead atoms. The highest BCUT2D eigenvalue weighted by molar-refractivity contribution is 5.95. The predicted octanol–water partition coefficient (Wildman–Crippen LogP) is 10.1. The number of rotatable bonds is 22. The lowest BCUT2D eigenvalue weighted by molar-refractivity contribution is -0.156. The first-order valence-corrected chi connectivity index (χ1v) is 28.7. The fourth-order valence-electron chi connectivity index (χ4n) is 9.13. The number of hydrogen-bond donors (Lipinski definition) is 3. The number of hydrogen-bond acceptors (Lipinski definition) is 18. The van der Waals surface area contributed by atoms with Crippen LogP contribution in [-0.4, -0.2) is 147 Å². The molecule has 81 heavy (non-hydrogen) atoms. The number of carbonyl (C=O) groups is 5. The average Bonchev–Trinajstić information content (AvgIpc) is 4.15. The Bertz CT molecular complexity index is 2670. The van der Waals surface area contributed by atoms with E-state index in [1.807, 2.05) is 112 Å². The molecule has 444 valence electrons. The van der Waals surface area contributed by atoms with Crippen LogP contribution in [0.5, 0.6) is 11.5 Å². The molecular weight excluding hydrogens is 1030 g/mol. The summed E-state index contributed by atoms with van der Waals surface area (Å²) < 4.78 is 22.6. The first-order chi connectivity index (χ1) is 38.3. The van der Waals surface area contributed by atoms with Gasteiger partial charge in [-0.3, -0.25) is 4.79 Å². The number of ether oxygens (including phenoxy) is 4. The molecule has 21 heteroatoms. The van der Waals surface area contributed by atoms with E-state index in [9.17, 15) is 24.0 Å². The summed E-state index contributed by atoms with van der Waals surface area (Å²) in [7, 11) is 0. The van der Waals surface area contributed by atoms with E-state index in [2.05, 4.69) is 44.7 Å². The van der Waals surface area contributed by atoms with Crippen LogP contribution in [0.25, 0.3) is 0 Å². The summed E-state index contributed by atoms with van der Waals surface area (Å²) in [6.45, 7) is 34.3. The van der Waals surface area contributed by atoms with Gasteiger partial charge in [-0.25, -0.2) is 29.1 Å². The number of anilines is 6. The topological polar surface area (TPSA) is 226 Å². The predicted molar refractivity (Wildman–Crippen MR) is 319 cm³/mol. The smallest absolute Gasteiger partial charge is 0.415 e. The molecule has 0 aliphatic carbocycles. The quantitative estimate of drug-likeness (QED) is 0.0622. The number of nitrogens with one attached hydrogen (secondary N) is 3. The molecule has 2 saturated heterocycles. The van der Waals surface area contributed by atoms with Gasteiger partial charge in [0.15, 0.2) is 11.6 Å². The van der Waals surface area contributed by atoms with Crippen molar-refractivity contribution in [2.24, 2.45) is 0 Å². The summed E-state index contributed by atoms with van der Waals surface area (Å²) in [6.07, 6.45) is 7.29. The Balaban J connectivity index is 0.000000298. The van der Waals surface area contributed by atoms with Crippen LogP contribution in [0.15, 0.2) is 60.9 Å². The average molecular weight is 1120 g/mol. The van der Waals surface area contributed by atoms with Crippen molar-refractivity contribution in [2.75, 3.05) is 83.0 Å². The third-order valence-corrected chi connectivity index (χ3v) is 13.1. The zero-order valence-corrected chi connectivity index (χ0v) is 50.7. The van der Waals surface area contributed by atoms with Crippen LogP contribution in [0.2, 0.25) is 0 Å². The van der Waals surface area contributed by atoms with Gasteiger partial charge in [-0.2, -0.15) is 9.97 Å². The van der Waals surface area contributed by atoms with Gasteiger partial charge in [-0.1, -0.05) is 24.3 Å². The van der Waals surface area contributed by atoms with Crippen LogP contribution in [0, 0.1) is 0 Å². The van der Waals surface area contributed by atoms with E-state index in [1.54, 1.807) is 51.4 Å². The van der Waals surface area contributed by atoms with Gasteiger partial charge >= 0.3 is 24.1 Å². The molecule has 0 unspecified atom stereocenters. The number of likely N-dealkylation sites (tertiary alicyclic amines) is 2. The van der Waals surface area contributed by atoms with Gasteiger partial charge in [0.1, 0.15) is 40.5 Å². The number of carbonyl (C=O) groups excluding carboxylic acids is 5. The maximum absolute atomic E-state index is 13.5. The van der Waals surface area contributed by atoms with Crippen LogP contribution >= 0.6 is 0 Å². The molecule has 4 aromatic rings. The van der Waals surface area contributed by atoms with Gasteiger partial charge in [-0.05, 0) is 158 Å².